The van der Waals surface area contributed by atoms with E-state index in [2.05, 4.69) is 4.98 Å². The van der Waals surface area contributed by atoms with Gasteiger partial charge in [0.15, 0.2) is 0 Å². The van der Waals surface area contributed by atoms with Gasteiger partial charge >= 0.3 is 0 Å². The predicted molar refractivity (Wildman–Crippen MR) is 106 cm³/mol. The molecule has 1 aliphatic rings. The van der Waals surface area contributed by atoms with Gasteiger partial charge in [-0.2, -0.15) is 5.26 Å². The molecule has 6 heteroatoms. The molecule has 1 amide bonds. The molecule has 0 saturated carbocycles. The number of hydrogen-bond acceptors (Lipinski definition) is 4. The van der Waals surface area contributed by atoms with Crippen molar-refractivity contribution in [1.29, 1.82) is 5.26 Å². The highest BCUT2D eigenvalue weighted by molar-refractivity contribution is 5.96. The van der Waals surface area contributed by atoms with Gasteiger partial charge in [-0.05, 0) is 49.2 Å². The maximum atomic E-state index is 13.2. The van der Waals surface area contributed by atoms with Crippen LogP contribution in [0.5, 0.6) is 0 Å². The van der Waals surface area contributed by atoms with E-state index >= 15 is 0 Å². The van der Waals surface area contributed by atoms with Gasteiger partial charge in [-0.15, -0.1) is 0 Å². The third-order valence-electron chi connectivity index (χ3n) is 5.02. The first-order valence-electron chi connectivity index (χ1n) is 9.04. The molecule has 0 N–H and O–H groups in total. The molecular formula is C22H18N4O2. The Morgan fingerprint density at radius 2 is 2.04 bits per heavy atom. The zero-order chi connectivity index (χ0) is 19.7. The van der Waals surface area contributed by atoms with E-state index in [1.54, 1.807) is 29.4 Å². The van der Waals surface area contributed by atoms with Crippen LogP contribution in [0, 0.1) is 11.3 Å². The van der Waals surface area contributed by atoms with E-state index in [4.69, 9.17) is 0 Å². The molecule has 0 saturated heterocycles. The van der Waals surface area contributed by atoms with Crippen molar-refractivity contribution in [3.63, 3.8) is 0 Å². The number of fused-ring (bicyclic) bond motifs is 1. The van der Waals surface area contributed by atoms with Crippen LogP contribution in [0.15, 0.2) is 65.7 Å². The van der Waals surface area contributed by atoms with Gasteiger partial charge < -0.3 is 4.90 Å². The van der Waals surface area contributed by atoms with E-state index in [0.29, 0.717) is 11.3 Å². The van der Waals surface area contributed by atoms with Gasteiger partial charge in [0.1, 0.15) is 18.2 Å². The van der Waals surface area contributed by atoms with Gasteiger partial charge in [-0.3, -0.25) is 19.1 Å². The lowest BCUT2D eigenvalue weighted by Crippen LogP contribution is -2.40. The number of carbonyl (C=O) groups is 1. The van der Waals surface area contributed by atoms with Crippen LogP contribution in [-0.2, 0) is 17.8 Å². The average Bonchev–Trinajstić information content (AvgIpc) is 3.05. The van der Waals surface area contributed by atoms with Crippen molar-refractivity contribution < 1.29 is 4.79 Å². The number of carbonyl (C=O) groups excluding carboxylic acids is 1. The molecule has 3 aromatic rings. The van der Waals surface area contributed by atoms with Gasteiger partial charge in [-0.1, -0.05) is 18.2 Å². The minimum Gasteiger partial charge on any atom is -0.307 e. The van der Waals surface area contributed by atoms with Crippen LogP contribution in [-0.4, -0.2) is 21.5 Å². The summed E-state index contributed by atoms with van der Waals surface area (Å²) >= 11 is 0. The fourth-order valence-corrected chi connectivity index (χ4v) is 3.74. The molecule has 6 nitrogen and oxygen atoms in total. The number of amides is 1. The molecule has 1 atom stereocenters. The zero-order valence-electron chi connectivity index (χ0n) is 15.4. The van der Waals surface area contributed by atoms with Crippen molar-refractivity contribution in [2.75, 3.05) is 4.90 Å². The van der Waals surface area contributed by atoms with Crippen molar-refractivity contribution >= 4 is 11.6 Å². The van der Waals surface area contributed by atoms with Gasteiger partial charge in [0.25, 0.3) is 5.56 Å². The van der Waals surface area contributed by atoms with E-state index in [1.165, 1.54) is 10.6 Å². The Balaban J connectivity index is 1.77. The molecule has 0 spiro atoms. The van der Waals surface area contributed by atoms with Crippen molar-refractivity contribution in [3.8, 4) is 17.3 Å². The minimum absolute atomic E-state index is 0.00955. The summed E-state index contributed by atoms with van der Waals surface area (Å²) in [5.74, 6) is -0.181. The maximum absolute atomic E-state index is 13.2. The molecular weight excluding hydrogens is 352 g/mol. The molecule has 28 heavy (non-hydrogen) atoms. The number of benzene rings is 1. The third kappa shape index (κ3) is 2.97. The maximum Gasteiger partial charge on any atom is 0.269 e. The number of anilines is 1. The Kier molecular flexibility index (Phi) is 4.50. The fraction of sp³-hybridized carbons (Fsp3) is 0.182. The van der Waals surface area contributed by atoms with Crippen LogP contribution in [0.1, 0.15) is 18.1 Å². The van der Waals surface area contributed by atoms with Crippen molar-refractivity contribution in [2.45, 2.75) is 25.9 Å². The fourth-order valence-electron chi connectivity index (χ4n) is 3.74. The van der Waals surface area contributed by atoms with Crippen LogP contribution in [0.25, 0.3) is 11.3 Å². The van der Waals surface area contributed by atoms with Crippen LogP contribution < -0.4 is 10.5 Å². The molecule has 2 aromatic heterocycles. The number of para-hydroxylation sites is 1. The molecule has 0 bridgehead atoms. The topological polar surface area (TPSA) is 79.0 Å². The van der Waals surface area contributed by atoms with Crippen molar-refractivity contribution in [2.24, 2.45) is 0 Å². The highest BCUT2D eigenvalue weighted by Crippen LogP contribution is 2.32. The van der Waals surface area contributed by atoms with Gasteiger partial charge in [0.2, 0.25) is 5.91 Å². The van der Waals surface area contributed by atoms with E-state index in [9.17, 15) is 14.9 Å². The minimum atomic E-state index is -0.475. The predicted octanol–water partition coefficient (Wildman–Crippen LogP) is 2.76. The Bertz CT molecular complexity index is 1150. The Labute approximate surface area is 162 Å². The third-order valence-corrected chi connectivity index (χ3v) is 5.02. The molecule has 138 valence electrons. The summed E-state index contributed by atoms with van der Waals surface area (Å²) in [5, 5.41) is 9.25. The molecule has 0 radical (unpaired) electrons. The number of nitrogens with zero attached hydrogens (tertiary/aromatic N) is 4. The number of pyridine rings is 2. The Morgan fingerprint density at radius 3 is 2.79 bits per heavy atom. The van der Waals surface area contributed by atoms with E-state index < -0.39 is 5.56 Å². The van der Waals surface area contributed by atoms with Gasteiger partial charge in [0, 0.05) is 29.7 Å². The second kappa shape index (κ2) is 7.12. The highest BCUT2D eigenvalue weighted by Gasteiger charge is 2.31. The van der Waals surface area contributed by atoms with Crippen LogP contribution >= 0.6 is 0 Å². The lowest BCUT2D eigenvalue weighted by molar-refractivity contribution is -0.119. The molecule has 0 unspecified atom stereocenters. The summed E-state index contributed by atoms with van der Waals surface area (Å²) in [6.07, 6.45) is 4.06. The molecule has 0 fully saturated rings. The van der Waals surface area contributed by atoms with E-state index in [-0.39, 0.29) is 24.1 Å². The summed E-state index contributed by atoms with van der Waals surface area (Å²) < 4.78 is 1.37. The molecule has 0 aliphatic carbocycles. The summed E-state index contributed by atoms with van der Waals surface area (Å²) in [7, 11) is 0. The number of aromatic nitrogens is 2. The van der Waals surface area contributed by atoms with Crippen molar-refractivity contribution in [3.05, 3.63) is 82.4 Å². The summed E-state index contributed by atoms with van der Waals surface area (Å²) in [6, 6.07) is 16.5. The molecule has 4 rings (SSSR count). The second-order valence-corrected chi connectivity index (χ2v) is 6.82. The zero-order valence-corrected chi connectivity index (χ0v) is 15.4. The molecule has 1 aliphatic heterocycles. The second-order valence-electron chi connectivity index (χ2n) is 6.82. The smallest absolute Gasteiger partial charge is 0.269 e. The Morgan fingerprint density at radius 1 is 1.21 bits per heavy atom. The lowest BCUT2D eigenvalue weighted by Gasteiger charge is -2.24. The Hall–Kier alpha value is -3.72. The molecule has 3 heterocycles. The lowest BCUT2D eigenvalue weighted by atomic mass is 10.1. The monoisotopic (exact) mass is 370 g/mol. The van der Waals surface area contributed by atoms with Crippen LogP contribution in [0.2, 0.25) is 0 Å². The van der Waals surface area contributed by atoms with E-state index in [1.807, 2.05) is 43.3 Å². The normalized spacial score (nSPS) is 15.1. The number of hydrogen-bond donors (Lipinski definition) is 0. The highest BCUT2D eigenvalue weighted by atomic mass is 16.2. The number of rotatable bonds is 3. The summed E-state index contributed by atoms with van der Waals surface area (Å²) in [6.45, 7) is 1.85. The first-order chi connectivity index (χ1) is 13.6. The first-order valence-corrected chi connectivity index (χ1v) is 9.04. The largest absolute Gasteiger partial charge is 0.307 e. The SMILES string of the molecule is C[C@@H]1Cc2ccccc2N1C(=O)Cn1c(-c2cccnc2)ccc(C#N)c1=O. The average molecular weight is 370 g/mol. The van der Waals surface area contributed by atoms with E-state index in [0.717, 1.165) is 17.7 Å². The number of nitriles is 1. The van der Waals surface area contributed by atoms with Gasteiger partial charge in [0.05, 0.1) is 5.69 Å². The van der Waals surface area contributed by atoms with Crippen LogP contribution in [0.3, 0.4) is 0 Å². The molecule has 1 aromatic carbocycles. The summed E-state index contributed by atoms with van der Waals surface area (Å²) in [5.41, 5.74) is 2.81. The van der Waals surface area contributed by atoms with Crippen LogP contribution in [0.4, 0.5) is 5.69 Å². The first kappa shape index (κ1) is 17.7. The standard InChI is InChI=1S/C22H18N4O2/c1-15-11-16-5-2-3-7-20(16)26(15)21(27)14-25-19(18-6-4-10-24-13-18)9-8-17(12-23)22(25)28/h2-10,13,15H,11,14H2,1H3/t15-/m1/s1. The van der Waals surface area contributed by atoms with Crippen molar-refractivity contribution in [1.82, 2.24) is 9.55 Å². The summed E-state index contributed by atoms with van der Waals surface area (Å²) in [4.78, 5) is 31.9. The quantitative estimate of drug-likeness (QED) is 0.710. The van der Waals surface area contributed by atoms with Gasteiger partial charge in [-0.25, -0.2) is 0 Å².